The highest BCUT2D eigenvalue weighted by atomic mass is 15.2. The number of rotatable bonds is 2. The summed E-state index contributed by atoms with van der Waals surface area (Å²) in [5.74, 6) is 0. The minimum absolute atomic E-state index is 0.257. The Morgan fingerprint density at radius 1 is 1.00 bits per heavy atom. The molecule has 0 amide bonds. The predicted octanol–water partition coefficient (Wildman–Crippen LogP) is 2.12. The smallest absolute Gasteiger partial charge is 0.0250 e. The Bertz CT molecular complexity index is 321. The van der Waals surface area contributed by atoms with E-state index in [-0.39, 0.29) is 11.1 Å². The fraction of sp³-hybridized carbons (Fsp3) is 1.00. The maximum Gasteiger partial charge on any atom is 0.0250 e. The molecule has 0 bridgehead atoms. The van der Waals surface area contributed by atoms with Crippen LogP contribution in [0.2, 0.25) is 0 Å². The van der Waals surface area contributed by atoms with Crippen LogP contribution in [-0.4, -0.2) is 47.2 Å². The Morgan fingerprint density at radius 2 is 1.68 bits per heavy atom. The Labute approximate surface area is 118 Å². The van der Waals surface area contributed by atoms with Crippen LogP contribution in [0.5, 0.6) is 0 Å². The van der Waals surface area contributed by atoms with Gasteiger partial charge in [-0.15, -0.1) is 0 Å². The van der Waals surface area contributed by atoms with Gasteiger partial charge in [0.2, 0.25) is 0 Å². The first-order valence-corrected chi connectivity index (χ1v) is 8.14. The van der Waals surface area contributed by atoms with Gasteiger partial charge in [0.1, 0.15) is 0 Å². The van der Waals surface area contributed by atoms with Crippen molar-refractivity contribution in [3.05, 3.63) is 0 Å². The van der Waals surface area contributed by atoms with E-state index in [1.54, 1.807) is 0 Å². The maximum atomic E-state index is 4.02. The zero-order valence-electron chi connectivity index (χ0n) is 13.1. The van der Waals surface area contributed by atoms with Crippen molar-refractivity contribution in [3.63, 3.8) is 0 Å². The van der Waals surface area contributed by atoms with Gasteiger partial charge in [0.05, 0.1) is 0 Å². The Morgan fingerprint density at radius 3 is 2.37 bits per heavy atom. The number of nitrogens with zero attached hydrogens (tertiary/aromatic N) is 1. The molecule has 3 heteroatoms. The average molecular weight is 265 g/mol. The van der Waals surface area contributed by atoms with E-state index in [1.165, 1.54) is 45.2 Å². The summed E-state index contributed by atoms with van der Waals surface area (Å²) >= 11 is 0. The number of fused-ring (bicyclic) bond motifs is 1. The van der Waals surface area contributed by atoms with Gasteiger partial charge < -0.3 is 10.6 Å². The number of piperidine rings is 1. The third-order valence-electron chi connectivity index (χ3n) is 5.25. The second kappa shape index (κ2) is 4.71. The van der Waals surface area contributed by atoms with Crippen LogP contribution in [0.15, 0.2) is 0 Å². The summed E-state index contributed by atoms with van der Waals surface area (Å²) in [6, 6.07) is 2.26. The third kappa shape index (κ3) is 2.98. The second-order valence-corrected chi connectivity index (χ2v) is 8.31. The minimum Gasteiger partial charge on any atom is -0.309 e. The van der Waals surface area contributed by atoms with Gasteiger partial charge >= 0.3 is 0 Å². The molecule has 0 aromatic carbocycles. The molecule has 3 aliphatic rings. The number of nitrogens with one attached hydrogen (secondary N) is 2. The molecular formula is C16H31N3. The standard InChI is InChI=1S/C16H31N3/c1-15(2)10-12(11-16(3,4)18-15)17-13-7-9-19-8-5-6-14(13)19/h12-14,17-18H,5-11H2,1-4H3. The molecule has 3 heterocycles. The topological polar surface area (TPSA) is 27.3 Å². The van der Waals surface area contributed by atoms with Gasteiger partial charge in [0.25, 0.3) is 0 Å². The van der Waals surface area contributed by atoms with Crippen molar-refractivity contribution in [3.8, 4) is 0 Å². The summed E-state index contributed by atoms with van der Waals surface area (Å²) in [4.78, 5) is 2.70. The number of hydrogen-bond donors (Lipinski definition) is 2. The largest absolute Gasteiger partial charge is 0.309 e. The normalized spacial score (nSPS) is 38.5. The van der Waals surface area contributed by atoms with Crippen LogP contribution in [-0.2, 0) is 0 Å². The molecule has 0 radical (unpaired) electrons. The molecule has 0 aliphatic carbocycles. The summed E-state index contributed by atoms with van der Waals surface area (Å²) in [5, 5.41) is 7.80. The SMILES string of the molecule is CC1(C)CC(NC2CCN3CCCC23)CC(C)(C)N1. The van der Waals surface area contributed by atoms with Crippen LogP contribution in [0.25, 0.3) is 0 Å². The van der Waals surface area contributed by atoms with E-state index in [0.29, 0.717) is 6.04 Å². The summed E-state index contributed by atoms with van der Waals surface area (Å²) in [6.45, 7) is 12.0. The lowest BCUT2D eigenvalue weighted by Crippen LogP contribution is -2.63. The van der Waals surface area contributed by atoms with Gasteiger partial charge in [-0.3, -0.25) is 4.90 Å². The van der Waals surface area contributed by atoms with E-state index in [0.717, 1.165) is 12.1 Å². The Balaban J connectivity index is 1.63. The lowest BCUT2D eigenvalue weighted by Gasteiger charge is -2.47. The molecule has 2 unspecified atom stereocenters. The van der Waals surface area contributed by atoms with Crippen molar-refractivity contribution < 1.29 is 0 Å². The van der Waals surface area contributed by atoms with Gasteiger partial charge in [0.15, 0.2) is 0 Å². The quantitative estimate of drug-likeness (QED) is 0.801. The fourth-order valence-corrected chi connectivity index (χ4v) is 5.02. The molecule has 0 saturated carbocycles. The van der Waals surface area contributed by atoms with Crippen LogP contribution >= 0.6 is 0 Å². The summed E-state index contributed by atoms with van der Waals surface area (Å²) < 4.78 is 0. The summed E-state index contributed by atoms with van der Waals surface area (Å²) in [5.41, 5.74) is 0.515. The van der Waals surface area contributed by atoms with Crippen LogP contribution in [0.1, 0.15) is 59.8 Å². The summed E-state index contributed by atoms with van der Waals surface area (Å²) in [7, 11) is 0. The molecule has 19 heavy (non-hydrogen) atoms. The molecular weight excluding hydrogens is 234 g/mol. The monoisotopic (exact) mass is 265 g/mol. The van der Waals surface area contributed by atoms with Crippen molar-refractivity contribution >= 4 is 0 Å². The zero-order valence-corrected chi connectivity index (χ0v) is 13.1. The van der Waals surface area contributed by atoms with E-state index in [4.69, 9.17) is 0 Å². The average Bonchev–Trinajstić information content (AvgIpc) is 2.77. The second-order valence-electron chi connectivity index (χ2n) is 8.31. The molecule has 3 saturated heterocycles. The van der Waals surface area contributed by atoms with Crippen molar-refractivity contribution in [2.75, 3.05) is 13.1 Å². The van der Waals surface area contributed by atoms with Crippen molar-refractivity contribution in [1.82, 2.24) is 15.5 Å². The highest BCUT2D eigenvalue weighted by Crippen LogP contribution is 2.32. The van der Waals surface area contributed by atoms with E-state index in [2.05, 4.69) is 43.2 Å². The Kier molecular flexibility index (Phi) is 3.43. The van der Waals surface area contributed by atoms with Crippen LogP contribution < -0.4 is 10.6 Å². The van der Waals surface area contributed by atoms with Crippen molar-refractivity contribution in [2.24, 2.45) is 0 Å². The fourth-order valence-electron chi connectivity index (χ4n) is 5.02. The summed E-state index contributed by atoms with van der Waals surface area (Å²) in [6.07, 6.45) is 6.68. The molecule has 0 spiro atoms. The van der Waals surface area contributed by atoms with Crippen molar-refractivity contribution in [2.45, 2.75) is 89.0 Å². The van der Waals surface area contributed by atoms with Gasteiger partial charge in [-0.2, -0.15) is 0 Å². The van der Waals surface area contributed by atoms with Crippen LogP contribution in [0.3, 0.4) is 0 Å². The van der Waals surface area contributed by atoms with Crippen LogP contribution in [0.4, 0.5) is 0 Å². The highest BCUT2D eigenvalue weighted by molar-refractivity contribution is 5.03. The van der Waals surface area contributed by atoms with Gasteiger partial charge in [0, 0.05) is 35.7 Å². The van der Waals surface area contributed by atoms with E-state index < -0.39 is 0 Å². The van der Waals surface area contributed by atoms with Gasteiger partial charge in [-0.25, -0.2) is 0 Å². The molecule has 3 nitrogen and oxygen atoms in total. The Hall–Kier alpha value is -0.120. The maximum absolute atomic E-state index is 4.02. The first-order chi connectivity index (χ1) is 8.85. The minimum atomic E-state index is 0.257. The molecule has 2 N–H and O–H groups in total. The highest BCUT2D eigenvalue weighted by Gasteiger charge is 2.42. The molecule has 3 aliphatic heterocycles. The van der Waals surface area contributed by atoms with Gasteiger partial charge in [-0.1, -0.05) is 0 Å². The van der Waals surface area contributed by atoms with Crippen LogP contribution in [0, 0.1) is 0 Å². The predicted molar refractivity (Wildman–Crippen MR) is 80.5 cm³/mol. The molecule has 3 rings (SSSR count). The molecule has 0 aromatic rings. The lowest BCUT2D eigenvalue weighted by molar-refractivity contribution is 0.135. The first kappa shape index (κ1) is 13.8. The number of hydrogen-bond acceptors (Lipinski definition) is 3. The molecule has 2 atom stereocenters. The molecule has 110 valence electrons. The van der Waals surface area contributed by atoms with E-state index in [1.807, 2.05) is 0 Å². The molecule has 0 aromatic heterocycles. The first-order valence-electron chi connectivity index (χ1n) is 8.14. The van der Waals surface area contributed by atoms with E-state index in [9.17, 15) is 0 Å². The van der Waals surface area contributed by atoms with Gasteiger partial charge in [-0.05, 0) is 66.3 Å². The third-order valence-corrected chi connectivity index (χ3v) is 5.25. The zero-order chi connectivity index (χ0) is 13.7. The van der Waals surface area contributed by atoms with E-state index >= 15 is 0 Å². The lowest BCUT2D eigenvalue weighted by atomic mass is 9.79. The molecule has 3 fully saturated rings. The van der Waals surface area contributed by atoms with Crippen molar-refractivity contribution in [1.29, 1.82) is 0 Å².